The zero-order valence-electron chi connectivity index (χ0n) is 22.7. The van der Waals surface area contributed by atoms with Gasteiger partial charge in [0, 0.05) is 5.69 Å². The number of rotatable bonds is 12. The van der Waals surface area contributed by atoms with Crippen molar-refractivity contribution in [1.29, 1.82) is 0 Å². The molecule has 216 valence electrons. The maximum Gasteiger partial charge on any atom is 0.310 e. The molecule has 0 radical (unpaired) electrons. The Morgan fingerprint density at radius 1 is 0.692 bits per heavy atom. The van der Waals surface area contributed by atoms with E-state index in [9.17, 15) is 24.2 Å². The van der Waals surface area contributed by atoms with E-state index in [1.807, 2.05) is 53.7 Å². The van der Waals surface area contributed by atoms with Crippen LogP contribution >= 0.6 is 10.2 Å². The molecule has 0 aromatic heterocycles. The lowest BCUT2D eigenvalue weighted by molar-refractivity contribution is 0.102. The molecule has 1 N–H and O–H groups in total. The van der Waals surface area contributed by atoms with Crippen LogP contribution in [0, 0.1) is 0 Å². The van der Waals surface area contributed by atoms with Gasteiger partial charge in [-0.2, -0.15) is 0 Å². The average molecular weight is 576 g/mol. The fourth-order valence-corrected chi connectivity index (χ4v) is 3.64. The molecule has 5 nitrogen and oxygen atoms in total. The van der Waals surface area contributed by atoms with Gasteiger partial charge in [0.1, 0.15) is 24.7 Å². The van der Waals surface area contributed by atoms with Gasteiger partial charge in [-0.05, 0) is 96.2 Å². The first-order valence-electron chi connectivity index (χ1n) is 12.0. The summed E-state index contributed by atoms with van der Waals surface area (Å²) in [7, 11) is -9.84. The van der Waals surface area contributed by atoms with Crippen molar-refractivity contribution in [2.45, 2.75) is 46.4 Å². The van der Waals surface area contributed by atoms with Crippen LogP contribution in [-0.4, -0.2) is 25.7 Å². The summed E-state index contributed by atoms with van der Waals surface area (Å²) in [5.74, 6) is -0.199. The molecule has 0 bridgehead atoms. The summed E-state index contributed by atoms with van der Waals surface area (Å²) in [5.41, 5.74) is 2.90. The molecular formula is C28H34F5NO4S. The predicted octanol–water partition coefficient (Wildman–Crippen LogP) is 9.63. The number of hydrogen-bond donors (Lipinski definition) is 1. The van der Waals surface area contributed by atoms with Gasteiger partial charge in [0.25, 0.3) is 5.91 Å². The Morgan fingerprint density at radius 2 is 1.15 bits per heavy atom. The van der Waals surface area contributed by atoms with Gasteiger partial charge in [0.15, 0.2) is 11.5 Å². The van der Waals surface area contributed by atoms with E-state index in [0.29, 0.717) is 5.75 Å². The van der Waals surface area contributed by atoms with Crippen LogP contribution in [0.15, 0.2) is 76.2 Å². The van der Waals surface area contributed by atoms with E-state index < -0.39 is 21.0 Å². The van der Waals surface area contributed by atoms with Crippen molar-refractivity contribution in [2.24, 2.45) is 0 Å². The number of carbonyl (C=O) groups excluding carboxylic acids is 1. The van der Waals surface area contributed by atoms with Crippen LogP contribution in [0.4, 0.5) is 25.1 Å². The minimum absolute atomic E-state index is 0.00992. The molecule has 1 amide bonds. The molecule has 0 spiro atoms. The third-order valence-electron chi connectivity index (χ3n) is 5.05. The summed E-state index contributed by atoms with van der Waals surface area (Å²) in [5, 5.41) is 2.43. The van der Waals surface area contributed by atoms with Crippen molar-refractivity contribution in [2.75, 3.05) is 25.1 Å². The number of halogens is 5. The number of hydrogen-bond acceptors (Lipinski definition) is 4. The topological polar surface area (TPSA) is 56.8 Å². The zero-order valence-corrected chi connectivity index (χ0v) is 23.6. The minimum Gasteiger partial charge on any atom is -0.485 e. The van der Waals surface area contributed by atoms with Crippen LogP contribution in [0.5, 0.6) is 17.2 Å². The van der Waals surface area contributed by atoms with Gasteiger partial charge in [-0.25, -0.2) is 0 Å². The highest BCUT2D eigenvalue weighted by atomic mass is 32.5. The number of allylic oxidation sites excluding steroid dienone is 3. The van der Waals surface area contributed by atoms with E-state index in [1.54, 1.807) is 6.08 Å². The molecule has 11 heteroatoms. The molecule has 0 aliphatic rings. The Bertz CT molecular complexity index is 1270. The molecule has 39 heavy (non-hydrogen) atoms. The lowest BCUT2D eigenvalue weighted by atomic mass is 10.1. The lowest BCUT2D eigenvalue weighted by Gasteiger charge is -2.40. The van der Waals surface area contributed by atoms with E-state index in [2.05, 4.69) is 5.32 Å². The van der Waals surface area contributed by atoms with Gasteiger partial charge < -0.3 is 19.5 Å². The smallest absolute Gasteiger partial charge is 0.310 e. The SMILES string of the molecule is CC(C)=CCOc1ccc(C(=O)Nc2ccc(S(F)(F)(F)(F)F)cc2)c(OCC=C(C)C)c1OCC=C(C)C. The number of benzene rings is 2. The van der Waals surface area contributed by atoms with Gasteiger partial charge in [-0.3, -0.25) is 4.79 Å². The molecule has 0 atom stereocenters. The summed E-state index contributed by atoms with van der Waals surface area (Å²) in [6, 6.07) is 4.95. The van der Waals surface area contributed by atoms with Crippen LogP contribution < -0.4 is 19.5 Å². The van der Waals surface area contributed by atoms with E-state index in [0.717, 1.165) is 28.9 Å². The monoisotopic (exact) mass is 575 g/mol. The fraction of sp³-hybridized carbons (Fsp3) is 0.321. The summed E-state index contributed by atoms with van der Waals surface area (Å²) in [6.45, 7) is 11.9. The van der Waals surface area contributed by atoms with E-state index in [1.165, 1.54) is 12.1 Å². The average Bonchev–Trinajstić information content (AvgIpc) is 2.78. The van der Waals surface area contributed by atoms with E-state index in [4.69, 9.17) is 14.2 Å². The van der Waals surface area contributed by atoms with Gasteiger partial charge in [-0.1, -0.05) is 36.1 Å². The van der Waals surface area contributed by atoms with Crippen molar-refractivity contribution in [3.8, 4) is 17.2 Å². The molecule has 2 rings (SSSR count). The van der Waals surface area contributed by atoms with Crippen LogP contribution in [0.25, 0.3) is 0 Å². The second-order valence-corrected chi connectivity index (χ2v) is 11.9. The highest BCUT2D eigenvalue weighted by molar-refractivity contribution is 8.45. The summed E-state index contributed by atoms with van der Waals surface area (Å²) < 4.78 is 83.1. The number of anilines is 1. The molecular weight excluding hydrogens is 541 g/mol. The van der Waals surface area contributed by atoms with Crippen molar-refractivity contribution < 1.29 is 38.4 Å². The molecule has 0 heterocycles. The lowest BCUT2D eigenvalue weighted by Crippen LogP contribution is -2.15. The van der Waals surface area contributed by atoms with Crippen LogP contribution in [0.3, 0.4) is 0 Å². The molecule has 0 saturated heterocycles. The van der Waals surface area contributed by atoms with Gasteiger partial charge in [0.2, 0.25) is 5.75 Å². The van der Waals surface area contributed by atoms with Crippen LogP contribution in [0.2, 0.25) is 0 Å². The predicted molar refractivity (Wildman–Crippen MR) is 147 cm³/mol. The maximum atomic E-state index is 13.2. The highest BCUT2D eigenvalue weighted by Gasteiger charge is 2.65. The number of nitrogens with one attached hydrogen (secondary N) is 1. The normalized spacial score (nSPS) is 12.8. The summed E-state index contributed by atoms with van der Waals surface area (Å²) in [4.78, 5) is 11.2. The molecule has 2 aromatic rings. The van der Waals surface area contributed by atoms with Crippen molar-refractivity contribution >= 4 is 21.8 Å². The van der Waals surface area contributed by atoms with E-state index in [-0.39, 0.29) is 54.7 Å². The fourth-order valence-electron chi connectivity index (χ4n) is 2.99. The Hall–Kier alpha value is -3.47. The van der Waals surface area contributed by atoms with Crippen LogP contribution in [-0.2, 0) is 0 Å². The number of carbonyl (C=O) groups is 1. The molecule has 0 saturated carbocycles. The van der Waals surface area contributed by atoms with Crippen LogP contribution in [0.1, 0.15) is 51.9 Å². The Balaban J connectivity index is 2.51. The molecule has 0 unspecified atom stereocenters. The quantitative estimate of drug-likeness (QED) is 0.202. The zero-order chi connectivity index (χ0) is 29.5. The van der Waals surface area contributed by atoms with Gasteiger partial charge in [-0.15, -0.1) is 0 Å². The molecule has 0 aliphatic carbocycles. The first kappa shape index (κ1) is 31.7. The van der Waals surface area contributed by atoms with Crippen molar-refractivity contribution in [1.82, 2.24) is 0 Å². The third kappa shape index (κ3) is 10.3. The first-order chi connectivity index (χ1) is 17.9. The second kappa shape index (κ2) is 11.7. The summed E-state index contributed by atoms with van der Waals surface area (Å²) >= 11 is 0. The molecule has 2 aromatic carbocycles. The maximum absolute atomic E-state index is 13.2. The summed E-state index contributed by atoms with van der Waals surface area (Å²) in [6.07, 6.45) is 5.48. The minimum atomic E-state index is -9.84. The Kier molecular flexibility index (Phi) is 9.55. The molecule has 0 aliphatic heterocycles. The second-order valence-electron chi connectivity index (χ2n) is 9.49. The number of ether oxygens (including phenoxy) is 3. The highest BCUT2D eigenvalue weighted by Crippen LogP contribution is 3.02. The van der Waals surface area contributed by atoms with Crippen molar-refractivity contribution in [3.63, 3.8) is 0 Å². The third-order valence-corrected chi connectivity index (χ3v) is 6.21. The largest absolute Gasteiger partial charge is 0.485 e. The number of amides is 1. The van der Waals surface area contributed by atoms with E-state index >= 15 is 0 Å². The standard InChI is InChI=1S/C28H34F5NO4S/c1-19(2)13-16-36-25-12-11-24(26(37-17-14-20(3)4)27(25)38-18-15-21(5)6)28(35)34-22-7-9-23(10-8-22)39(29,30,31,32)33/h7-15H,16-18H2,1-6H3,(H,34,35). The van der Waals surface area contributed by atoms with Gasteiger partial charge >= 0.3 is 10.2 Å². The first-order valence-corrected chi connectivity index (χ1v) is 13.9. The molecule has 0 fully saturated rings. The van der Waals surface area contributed by atoms with Gasteiger partial charge in [0.05, 0.1) is 5.56 Å². The Labute approximate surface area is 226 Å². The van der Waals surface area contributed by atoms with Crippen molar-refractivity contribution in [3.05, 3.63) is 76.9 Å². The Morgan fingerprint density at radius 3 is 1.62 bits per heavy atom.